The van der Waals surface area contributed by atoms with Crippen molar-refractivity contribution in [2.24, 2.45) is 5.14 Å². The van der Waals surface area contributed by atoms with Gasteiger partial charge in [-0.25, -0.2) is 18.4 Å². The number of nitrogens with two attached hydrogens (primary N) is 1. The van der Waals surface area contributed by atoms with Crippen molar-refractivity contribution in [1.82, 2.24) is 4.90 Å². The third-order valence-electron chi connectivity index (χ3n) is 4.62. The van der Waals surface area contributed by atoms with Gasteiger partial charge in [0.05, 0.1) is 15.6 Å². The number of halogens is 2. The van der Waals surface area contributed by atoms with Gasteiger partial charge in [0, 0.05) is 13.1 Å². The second-order valence-electron chi connectivity index (χ2n) is 6.63. The minimum absolute atomic E-state index is 0.112. The number of carbonyl (C=O) groups excluding carboxylic acids is 2. The molecule has 0 aliphatic carbocycles. The van der Waals surface area contributed by atoms with Gasteiger partial charge in [-0.3, -0.25) is 4.79 Å². The van der Waals surface area contributed by atoms with Crippen molar-refractivity contribution in [2.45, 2.75) is 30.9 Å². The van der Waals surface area contributed by atoms with Gasteiger partial charge in [0.25, 0.3) is 5.91 Å². The van der Waals surface area contributed by atoms with Gasteiger partial charge in [0.1, 0.15) is 4.90 Å². The first-order chi connectivity index (χ1) is 13.6. The molecule has 2 N–H and O–H groups in total. The zero-order valence-corrected chi connectivity index (χ0v) is 17.7. The van der Waals surface area contributed by atoms with Gasteiger partial charge in [-0.15, -0.1) is 0 Å². The highest BCUT2D eigenvalue weighted by atomic mass is 35.5. The molecule has 154 valence electrons. The molecule has 1 amide bonds. The molecule has 0 radical (unpaired) electrons. The maximum atomic E-state index is 12.7. The van der Waals surface area contributed by atoms with Gasteiger partial charge in [0.2, 0.25) is 10.0 Å². The number of amides is 1. The highest BCUT2D eigenvalue weighted by molar-refractivity contribution is 7.89. The number of benzene rings is 2. The van der Waals surface area contributed by atoms with Gasteiger partial charge in [0.15, 0.2) is 6.10 Å². The van der Waals surface area contributed by atoms with Gasteiger partial charge in [-0.05, 0) is 36.6 Å². The third-order valence-corrected chi connectivity index (χ3v) is 6.31. The van der Waals surface area contributed by atoms with E-state index in [4.69, 9.17) is 33.1 Å². The van der Waals surface area contributed by atoms with Crippen LogP contribution in [0.5, 0.6) is 0 Å². The fourth-order valence-electron chi connectivity index (χ4n) is 3.12. The molecule has 1 aliphatic rings. The normalized spacial score (nSPS) is 14.8. The van der Waals surface area contributed by atoms with Crippen LogP contribution in [0.2, 0.25) is 10.0 Å². The highest BCUT2D eigenvalue weighted by Crippen LogP contribution is 2.29. The molecule has 1 atom stereocenters. The largest absolute Gasteiger partial charge is 0.449 e. The lowest BCUT2D eigenvalue weighted by Gasteiger charge is -2.30. The number of nitrogens with zero attached hydrogens (tertiary/aromatic N) is 1. The number of ether oxygens (including phenoxy) is 1. The Balaban J connectivity index is 1.75. The smallest absolute Gasteiger partial charge is 0.340 e. The van der Waals surface area contributed by atoms with Gasteiger partial charge >= 0.3 is 5.97 Å². The molecule has 2 aromatic rings. The van der Waals surface area contributed by atoms with E-state index >= 15 is 0 Å². The second kappa shape index (κ2) is 8.31. The number of fused-ring (bicyclic) bond motifs is 1. The van der Waals surface area contributed by atoms with Crippen LogP contribution < -0.4 is 5.14 Å². The summed E-state index contributed by atoms with van der Waals surface area (Å²) in [7, 11) is -4.17. The Kier molecular flexibility index (Phi) is 6.19. The Morgan fingerprint density at radius 2 is 1.79 bits per heavy atom. The Labute approximate surface area is 178 Å². The molecule has 0 fully saturated rings. The van der Waals surface area contributed by atoms with E-state index in [-0.39, 0.29) is 21.5 Å². The molecule has 0 unspecified atom stereocenters. The van der Waals surface area contributed by atoms with Crippen LogP contribution in [0.25, 0.3) is 0 Å². The van der Waals surface area contributed by atoms with E-state index in [2.05, 4.69) is 0 Å². The Bertz CT molecular complexity index is 1090. The lowest BCUT2D eigenvalue weighted by atomic mass is 9.99. The van der Waals surface area contributed by atoms with Gasteiger partial charge < -0.3 is 9.64 Å². The summed E-state index contributed by atoms with van der Waals surface area (Å²) >= 11 is 11.8. The summed E-state index contributed by atoms with van der Waals surface area (Å²) in [6.07, 6.45) is -0.374. The number of hydrogen-bond donors (Lipinski definition) is 1. The van der Waals surface area contributed by atoms with Crippen molar-refractivity contribution in [3.8, 4) is 0 Å². The molecule has 7 nitrogen and oxygen atoms in total. The van der Waals surface area contributed by atoms with Crippen molar-refractivity contribution in [1.29, 1.82) is 0 Å². The standard InChI is InChI=1S/C19H18Cl2N2O5S/c1-11(18(24)23-7-6-12-4-2-3-5-13(12)10-23)28-19(25)14-8-17(29(22,26)27)16(21)9-15(14)20/h2-5,8-9,11H,6-7,10H2,1H3,(H2,22,26,27)/t11-/m0/s1. The summed E-state index contributed by atoms with van der Waals surface area (Å²) in [4.78, 5) is 26.4. The average Bonchev–Trinajstić information content (AvgIpc) is 2.65. The van der Waals surface area contributed by atoms with Crippen molar-refractivity contribution < 1.29 is 22.7 Å². The molecule has 10 heteroatoms. The number of carbonyl (C=O) groups is 2. The first-order valence-corrected chi connectivity index (χ1v) is 11.0. The lowest BCUT2D eigenvalue weighted by molar-refractivity contribution is -0.140. The van der Waals surface area contributed by atoms with Gasteiger partial charge in [-0.2, -0.15) is 0 Å². The van der Waals surface area contributed by atoms with Crippen LogP contribution >= 0.6 is 23.2 Å². The summed E-state index contributed by atoms with van der Waals surface area (Å²) in [5, 5.41) is 4.76. The molecule has 0 bridgehead atoms. The predicted octanol–water partition coefficient (Wildman–Crippen LogP) is 2.77. The maximum Gasteiger partial charge on any atom is 0.340 e. The summed E-state index contributed by atoms with van der Waals surface area (Å²) in [5.74, 6) is -1.31. The van der Waals surface area contributed by atoms with Crippen LogP contribution in [-0.4, -0.2) is 37.8 Å². The van der Waals surface area contributed by atoms with Crippen LogP contribution in [0, 0.1) is 0 Å². The molecule has 2 aromatic carbocycles. The molecule has 0 spiro atoms. The quantitative estimate of drug-likeness (QED) is 0.711. The molecular weight excluding hydrogens is 439 g/mol. The van der Waals surface area contributed by atoms with Crippen molar-refractivity contribution in [3.63, 3.8) is 0 Å². The Morgan fingerprint density at radius 1 is 1.14 bits per heavy atom. The summed E-state index contributed by atoms with van der Waals surface area (Å²) in [5.41, 5.74) is 1.98. The second-order valence-corrected chi connectivity index (χ2v) is 8.98. The van der Waals surface area contributed by atoms with Gasteiger partial charge in [-0.1, -0.05) is 47.5 Å². The highest BCUT2D eigenvalue weighted by Gasteiger charge is 2.28. The first-order valence-electron chi connectivity index (χ1n) is 8.66. The van der Waals surface area contributed by atoms with E-state index in [9.17, 15) is 18.0 Å². The number of esters is 1. The molecule has 0 saturated heterocycles. The summed E-state index contributed by atoms with van der Waals surface area (Å²) in [6.45, 7) is 2.38. The van der Waals surface area contributed by atoms with E-state index in [1.165, 1.54) is 12.5 Å². The summed E-state index contributed by atoms with van der Waals surface area (Å²) < 4.78 is 28.5. The van der Waals surface area contributed by atoms with Crippen LogP contribution in [0.3, 0.4) is 0 Å². The van der Waals surface area contributed by atoms with Crippen molar-refractivity contribution in [3.05, 3.63) is 63.1 Å². The van der Waals surface area contributed by atoms with Crippen molar-refractivity contribution in [2.75, 3.05) is 6.54 Å². The average molecular weight is 457 g/mol. The molecule has 0 saturated carbocycles. The van der Waals surface area contributed by atoms with Crippen LogP contribution in [0.4, 0.5) is 0 Å². The van der Waals surface area contributed by atoms with E-state index in [1.807, 2.05) is 24.3 Å². The monoisotopic (exact) mass is 456 g/mol. The predicted molar refractivity (Wildman–Crippen MR) is 108 cm³/mol. The number of primary sulfonamides is 1. The van der Waals surface area contributed by atoms with Crippen LogP contribution in [0.15, 0.2) is 41.3 Å². The number of hydrogen-bond acceptors (Lipinski definition) is 5. The fraction of sp³-hybridized carbons (Fsp3) is 0.263. The van der Waals surface area contributed by atoms with E-state index < -0.39 is 27.0 Å². The van der Waals surface area contributed by atoms with E-state index in [1.54, 1.807) is 4.90 Å². The Morgan fingerprint density at radius 3 is 2.45 bits per heavy atom. The fourth-order valence-corrected chi connectivity index (χ4v) is 4.51. The topological polar surface area (TPSA) is 107 Å². The molecule has 1 heterocycles. The van der Waals surface area contributed by atoms with Crippen molar-refractivity contribution >= 4 is 45.1 Å². The molecule has 0 aromatic heterocycles. The first kappa shape index (κ1) is 21.6. The SMILES string of the molecule is C[C@H](OC(=O)c1cc(S(N)(=O)=O)c(Cl)cc1Cl)C(=O)N1CCc2ccccc2C1. The number of rotatable bonds is 4. The van der Waals surface area contributed by atoms with Crippen LogP contribution in [0.1, 0.15) is 28.4 Å². The van der Waals surface area contributed by atoms with E-state index in [0.29, 0.717) is 19.5 Å². The zero-order valence-electron chi connectivity index (χ0n) is 15.4. The minimum Gasteiger partial charge on any atom is -0.449 e. The minimum atomic E-state index is -4.17. The maximum absolute atomic E-state index is 12.7. The number of sulfonamides is 1. The van der Waals surface area contributed by atoms with Crippen LogP contribution in [-0.2, 0) is 32.5 Å². The Hall–Kier alpha value is -2.13. The molecular formula is C19H18Cl2N2O5S. The van der Waals surface area contributed by atoms with E-state index in [0.717, 1.165) is 17.7 Å². The molecule has 1 aliphatic heterocycles. The lowest BCUT2D eigenvalue weighted by Crippen LogP contribution is -2.42. The zero-order chi connectivity index (χ0) is 21.3. The third kappa shape index (κ3) is 4.72. The summed E-state index contributed by atoms with van der Waals surface area (Å²) in [6, 6.07) is 9.86. The molecule has 3 rings (SSSR count). The molecule has 29 heavy (non-hydrogen) atoms.